The van der Waals surface area contributed by atoms with Gasteiger partial charge >= 0.3 is 0 Å². The number of benzene rings is 1. The molecule has 0 heterocycles. The first kappa shape index (κ1) is 16.9. The summed E-state index contributed by atoms with van der Waals surface area (Å²) in [6.07, 6.45) is 8.41. The van der Waals surface area contributed by atoms with Crippen LogP contribution in [0, 0.1) is 12.3 Å². The van der Waals surface area contributed by atoms with Crippen molar-refractivity contribution in [2.45, 2.75) is 6.42 Å². The third-order valence-electron chi connectivity index (χ3n) is 1.90. The molecule has 0 unspecified atom stereocenters. The molecule has 0 spiro atoms. The van der Waals surface area contributed by atoms with Crippen LogP contribution in [0.5, 0.6) is 0 Å². The summed E-state index contributed by atoms with van der Waals surface area (Å²) in [5, 5.41) is 3.40. The molecular weight excluding hydrogens is 265 g/mol. The minimum atomic E-state index is -0.0801. The first-order chi connectivity index (χ1) is 9.15. The summed E-state index contributed by atoms with van der Waals surface area (Å²) in [6.45, 7) is 4.19. The molecule has 1 amide bonds. The molecule has 0 aromatic heterocycles. The van der Waals surface area contributed by atoms with E-state index in [4.69, 9.17) is 11.6 Å². The fraction of sp³-hybridized carbons (Fsp3) is 0.133. The zero-order valence-electron chi connectivity index (χ0n) is 10.4. The van der Waals surface area contributed by atoms with Crippen LogP contribution < -0.4 is 5.32 Å². The lowest BCUT2D eigenvalue weighted by molar-refractivity contribution is 0.0954. The van der Waals surface area contributed by atoms with Crippen LogP contribution in [0.2, 0.25) is 5.02 Å². The third-order valence-corrected chi connectivity index (χ3v) is 2.15. The number of allylic oxidation sites excluding steroid dienone is 1. The Kier molecular flexibility index (Phi) is 9.87. The molecule has 1 rings (SSSR count). The number of hydrogen-bond donors (Lipinski definition) is 1. The fourth-order valence-corrected chi connectivity index (χ4v) is 1.15. The van der Waals surface area contributed by atoms with Gasteiger partial charge in [-0.1, -0.05) is 23.6 Å². The number of rotatable bonds is 4. The highest BCUT2D eigenvalue weighted by Gasteiger charge is 2.02. The first-order valence-corrected chi connectivity index (χ1v) is 5.89. The van der Waals surface area contributed by atoms with Crippen molar-refractivity contribution >= 4 is 17.5 Å². The van der Waals surface area contributed by atoms with Crippen LogP contribution in [0.1, 0.15) is 16.8 Å². The summed E-state index contributed by atoms with van der Waals surface area (Å²) in [4.78, 5) is 11.4. The topological polar surface area (TPSA) is 29.1 Å². The van der Waals surface area contributed by atoms with E-state index < -0.39 is 0 Å². The van der Waals surface area contributed by atoms with Gasteiger partial charge in [0.05, 0.1) is 6.33 Å². The summed E-state index contributed by atoms with van der Waals surface area (Å²) >= 11 is 5.70. The lowest BCUT2D eigenvalue weighted by Gasteiger charge is -2.02. The van der Waals surface area contributed by atoms with Gasteiger partial charge in [0.2, 0.25) is 0 Å². The second-order valence-electron chi connectivity index (χ2n) is 3.30. The van der Waals surface area contributed by atoms with E-state index in [-0.39, 0.29) is 5.91 Å². The number of amides is 1. The molecule has 0 radical (unpaired) electrons. The van der Waals surface area contributed by atoms with Crippen LogP contribution >= 0.6 is 11.6 Å². The minimum absolute atomic E-state index is 0.0801. The monoisotopic (exact) mass is 279 g/mol. The van der Waals surface area contributed by atoms with E-state index in [1.165, 1.54) is 0 Å². The Labute approximate surface area is 118 Å². The Morgan fingerprint density at radius 2 is 2.11 bits per heavy atom. The van der Waals surface area contributed by atoms with Gasteiger partial charge in [-0.15, -0.1) is 13.0 Å². The second-order valence-corrected chi connectivity index (χ2v) is 3.74. The van der Waals surface area contributed by atoms with Crippen molar-refractivity contribution < 1.29 is 9.18 Å². The van der Waals surface area contributed by atoms with Crippen molar-refractivity contribution in [1.29, 1.82) is 0 Å². The summed E-state index contributed by atoms with van der Waals surface area (Å²) < 4.78 is 10.7. The molecule has 0 atom stereocenters. The average Bonchev–Trinajstić information content (AvgIpc) is 2.41. The lowest BCUT2D eigenvalue weighted by atomic mass is 10.2. The largest absolute Gasteiger partial charge is 0.352 e. The van der Waals surface area contributed by atoms with Crippen molar-refractivity contribution in [3.05, 3.63) is 59.9 Å². The molecule has 1 N–H and O–H groups in total. The SMILES string of the molecule is C#C/C=C/F.C=CCCNC(=O)c1ccc(Cl)cc1. The van der Waals surface area contributed by atoms with E-state index in [1.54, 1.807) is 30.3 Å². The van der Waals surface area contributed by atoms with Gasteiger partial charge in [-0.25, -0.2) is 4.39 Å². The van der Waals surface area contributed by atoms with Gasteiger partial charge in [0.25, 0.3) is 5.91 Å². The van der Waals surface area contributed by atoms with E-state index in [9.17, 15) is 9.18 Å². The van der Waals surface area contributed by atoms with E-state index in [1.807, 2.05) is 5.92 Å². The van der Waals surface area contributed by atoms with Crippen LogP contribution in [0.3, 0.4) is 0 Å². The zero-order chi connectivity index (χ0) is 14.5. The maximum Gasteiger partial charge on any atom is 0.251 e. The number of halogens is 2. The van der Waals surface area contributed by atoms with Gasteiger partial charge in [0.1, 0.15) is 0 Å². The first-order valence-electron chi connectivity index (χ1n) is 5.51. The molecule has 4 heteroatoms. The summed E-state index contributed by atoms with van der Waals surface area (Å²) in [7, 11) is 0. The molecule has 1 aromatic rings. The molecule has 19 heavy (non-hydrogen) atoms. The number of carbonyl (C=O) groups is 1. The van der Waals surface area contributed by atoms with Gasteiger partial charge in [0.15, 0.2) is 0 Å². The molecule has 0 saturated heterocycles. The number of nitrogens with one attached hydrogen (secondary N) is 1. The van der Waals surface area contributed by atoms with Crippen molar-refractivity contribution in [2.24, 2.45) is 0 Å². The van der Waals surface area contributed by atoms with Gasteiger partial charge in [-0.3, -0.25) is 4.79 Å². The summed E-state index contributed by atoms with van der Waals surface area (Å²) in [5.74, 6) is 1.88. The van der Waals surface area contributed by atoms with Crippen LogP contribution in [-0.2, 0) is 0 Å². The summed E-state index contributed by atoms with van der Waals surface area (Å²) in [5.41, 5.74) is 0.624. The van der Waals surface area contributed by atoms with Crippen LogP contribution in [0.25, 0.3) is 0 Å². The van der Waals surface area contributed by atoms with Crippen molar-refractivity contribution in [2.75, 3.05) is 6.54 Å². The van der Waals surface area contributed by atoms with E-state index in [2.05, 4.69) is 18.3 Å². The molecular formula is C15H15ClFNO. The van der Waals surface area contributed by atoms with Crippen LogP contribution in [-0.4, -0.2) is 12.5 Å². The Morgan fingerprint density at radius 1 is 1.47 bits per heavy atom. The van der Waals surface area contributed by atoms with Crippen molar-refractivity contribution in [3.63, 3.8) is 0 Å². The van der Waals surface area contributed by atoms with Gasteiger partial charge < -0.3 is 5.32 Å². The van der Waals surface area contributed by atoms with Crippen LogP contribution in [0.15, 0.2) is 49.3 Å². The van der Waals surface area contributed by atoms with Gasteiger partial charge in [0, 0.05) is 23.2 Å². The van der Waals surface area contributed by atoms with E-state index in [0.29, 0.717) is 23.5 Å². The molecule has 2 nitrogen and oxygen atoms in total. The Bertz CT molecular complexity index is 460. The highest BCUT2D eigenvalue weighted by Crippen LogP contribution is 2.09. The molecule has 0 fully saturated rings. The summed E-state index contributed by atoms with van der Waals surface area (Å²) in [6, 6.07) is 6.80. The minimum Gasteiger partial charge on any atom is -0.352 e. The molecule has 1 aromatic carbocycles. The van der Waals surface area contributed by atoms with E-state index in [0.717, 1.165) is 12.5 Å². The van der Waals surface area contributed by atoms with Crippen molar-refractivity contribution in [3.8, 4) is 12.3 Å². The number of terminal acetylenes is 1. The quantitative estimate of drug-likeness (QED) is 0.508. The molecule has 0 aliphatic heterocycles. The smallest absolute Gasteiger partial charge is 0.251 e. The second kappa shape index (κ2) is 11.1. The Balaban J connectivity index is 0.000000555. The predicted molar refractivity (Wildman–Crippen MR) is 77.7 cm³/mol. The number of carbonyl (C=O) groups excluding carboxylic acids is 1. The number of hydrogen-bond acceptors (Lipinski definition) is 1. The Morgan fingerprint density at radius 3 is 2.53 bits per heavy atom. The maximum atomic E-state index is 11.4. The van der Waals surface area contributed by atoms with Crippen molar-refractivity contribution in [1.82, 2.24) is 5.32 Å². The van der Waals surface area contributed by atoms with Crippen LogP contribution in [0.4, 0.5) is 4.39 Å². The third kappa shape index (κ3) is 8.64. The molecule has 0 aliphatic rings. The predicted octanol–water partition coefficient (Wildman–Crippen LogP) is 3.75. The average molecular weight is 280 g/mol. The highest BCUT2D eigenvalue weighted by atomic mass is 35.5. The highest BCUT2D eigenvalue weighted by molar-refractivity contribution is 6.30. The van der Waals surface area contributed by atoms with Gasteiger partial charge in [-0.2, -0.15) is 0 Å². The maximum absolute atomic E-state index is 11.4. The standard InChI is InChI=1S/C11H12ClNO.C4H3F/c1-2-3-8-13-11(14)9-4-6-10(12)7-5-9;1-2-3-4-5/h2,4-7H,1,3,8H2,(H,13,14);1,3-4H/b;4-3+. The molecule has 0 aliphatic carbocycles. The van der Waals surface area contributed by atoms with Gasteiger partial charge in [-0.05, 0) is 30.7 Å². The normalized spacial score (nSPS) is 9.11. The molecule has 100 valence electrons. The molecule has 0 saturated carbocycles. The molecule has 0 bridgehead atoms. The fourth-order valence-electron chi connectivity index (χ4n) is 1.03. The Hall–Kier alpha value is -2.05. The lowest BCUT2D eigenvalue weighted by Crippen LogP contribution is -2.23. The zero-order valence-corrected chi connectivity index (χ0v) is 11.2. The van der Waals surface area contributed by atoms with E-state index >= 15 is 0 Å².